The number of carbonyl (C=O) groups excluding carboxylic acids is 4. The lowest BCUT2D eigenvalue weighted by atomic mass is 9.96. The van der Waals surface area contributed by atoms with Crippen molar-refractivity contribution >= 4 is 23.7 Å². The summed E-state index contributed by atoms with van der Waals surface area (Å²) in [4.78, 5) is 50.7. The van der Waals surface area contributed by atoms with Crippen LogP contribution in [0.25, 0.3) is 11.1 Å². The zero-order chi connectivity index (χ0) is 25.9. The maximum atomic E-state index is 13.0. The molecule has 1 aliphatic rings. The van der Waals surface area contributed by atoms with Gasteiger partial charge in [0.05, 0.1) is 25.8 Å². The van der Waals surface area contributed by atoms with Gasteiger partial charge in [0.15, 0.2) is 0 Å². The lowest BCUT2D eigenvalue weighted by Crippen LogP contribution is -2.46. The molecule has 0 fully saturated rings. The highest BCUT2D eigenvalue weighted by Crippen LogP contribution is 2.34. The Morgan fingerprint density at radius 3 is 2.31 bits per heavy atom. The van der Waals surface area contributed by atoms with Crippen molar-refractivity contribution in [2.75, 3.05) is 13.7 Å². The zero-order valence-electron chi connectivity index (χ0n) is 19.8. The average Bonchev–Trinajstić information content (AvgIpc) is 3.19. The second kappa shape index (κ2) is 9.94. The molecule has 35 heavy (non-hydrogen) atoms. The molecule has 3 N–H and O–H groups in total. The van der Waals surface area contributed by atoms with Crippen LogP contribution in [0, 0.1) is 0 Å². The van der Waals surface area contributed by atoms with E-state index in [4.69, 9.17) is 0 Å². The minimum absolute atomic E-state index is 0.105. The molecule has 0 saturated heterocycles. The van der Waals surface area contributed by atoms with Gasteiger partial charge in [-0.1, -0.05) is 37.4 Å². The van der Waals surface area contributed by atoms with E-state index in [9.17, 15) is 24.3 Å². The molecule has 0 aromatic heterocycles. The summed E-state index contributed by atoms with van der Waals surface area (Å²) in [6.45, 7) is 10.5. The fourth-order valence-corrected chi connectivity index (χ4v) is 3.55. The number of hydrogen-bond acceptors (Lipinski definition) is 6. The van der Waals surface area contributed by atoms with Crippen molar-refractivity contribution in [2.24, 2.45) is 0 Å². The Kier molecular flexibility index (Phi) is 7.21. The van der Waals surface area contributed by atoms with Crippen LogP contribution < -0.4 is 10.6 Å². The summed E-state index contributed by atoms with van der Waals surface area (Å²) in [6.07, 6.45) is 0. The van der Waals surface area contributed by atoms with Crippen molar-refractivity contribution in [3.05, 3.63) is 83.7 Å². The monoisotopic (exact) mass is 477 g/mol. The van der Waals surface area contributed by atoms with Crippen molar-refractivity contribution in [2.45, 2.75) is 25.9 Å². The van der Waals surface area contributed by atoms with E-state index in [1.54, 1.807) is 50.2 Å². The van der Waals surface area contributed by atoms with Gasteiger partial charge in [-0.25, -0.2) is 4.79 Å². The van der Waals surface area contributed by atoms with Crippen LogP contribution in [0.3, 0.4) is 0 Å². The predicted molar refractivity (Wildman–Crippen MR) is 129 cm³/mol. The van der Waals surface area contributed by atoms with Gasteiger partial charge in [0.1, 0.15) is 11.4 Å². The van der Waals surface area contributed by atoms with Crippen LogP contribution in [0.5, 0.6) is 0 Å². The summed E-state index contributed by atoms with van der Waals surface area (Å²) in [5.41, 5.74) is 1.95. The third-order valence-electron chi connectivity index (χ3n) is 5.56. The maximum Gasteiger partial charge on any atom is 0.353 e. The van der Waals surface area contributed by atoms with Gasteiger partial charge in [0.2, 0.25) is 0 Å². The zero-order valence-corrected chi connectivity index (χ0v) is 19.8. The van der Waals surface area contributed by atoms with Crippen LogP contribution in [-0.4, -0.2) is 53.0 Å². The fraction of sp³-hybridized carbons (Fsp3) is 0.231. The number of benzene rings is 2. The van der Waals surface area contributed by atoms with Gasteiger partial charge < -0.3 is 20.5 Å². The molecular weight excluding hydrogens is 450 g/mol. The lowest BCUT2D eigenvalue weighted by Gasteiger charge is -2.23. The number of rotatable bonds is 8. The van der Waals surface area contributed by atoms with Crippen LogP contribution in [-0.2, 0) is 20.9 Å². The van der Waals surface area contributed by atoms with Crippen LogP contribution in [0.4, 0.5) is 0 Å². The summed E-state index contributed by atoms with van der Waals surface area (Å²) in [7, 11) is 1.16. The van der Waals surface area contributed by atoms with E-state index < -0.39 is 23.3 Å². The first-order valence-electron chi connectivity index (χ1n) is 10.7. The second-order valence-electron chi connectivity index (χ2n) is 8.67. The van der Waals surface area contributed by atoms with Gasteiger partial charge in [-0.3, -0.25) is 19.3 Å². The Morgan fingerprint density at radius 1 is 1.09 bits per heavy atom. The Bertz CT molecular complexity index is 1230. The number of hydrogen-bond donors (Lipinski definition) is 3. The Morgan fingerprint density at radius 2 is 1.71 bits per heavy atom. The molecule has 0 aliphatic carbocycles. The molecule has 2 aromatic rings. The highest BCUT2D eigenvalue weighted by atomic mass is 16.5. The molecule has 0 atom stereocenters. The number of nitrogens with one attached hydrogen (secondary N) is 2. The molecule has 0 radical (unpaired) electrons. The van der Waals surface area contributed by atoms with Crippen LogP contribution in [0.15, 0.2) is 67.0 Å². The quantitative estimate of drug-likeness (QED) is 0.395. The fourth-order valence-electron chi connectivity index (χ4n) is 3.55. The number of amides is 3. The molecular formula is C26H27N3O6. The molecule has 1 heterocycles. The first kappa shape index (κ1) is 25.4. The van der Waals surface area contributed by atoms with E-state index in [1.165, 1.54) is 4.90 Å². The number of carbonyl (C=O) groups is 4. The van der Waals surface area contributed by atoms with Gasteiger partial charge >= 0.3 is 5.97 Å². The third kappa shape index (κ3) is 5.30. The summed E-state index contributed by atoms with van der Waals surface area (Å²) in [5.74, 6) is -2.26. The molecule has 0 bridgehead atoms. The van der Waals surface area contributed by atoms with E-state index in [2.05, 4.69) is 28.5 Å². The summed E-state index contributed by atoms with van der Waals surface area (Å²) < 4.78 is 4.51. The Balaban J connectivity index is 1.81. The van der Waals surface area contributed by atoms with E-state index in [1.807, 2.05) is 6.07 Å². The van der Waals surface area contributed by atoms with Gasteiger partial charge in [0, 0.05) is 11.1 Å². The molecule has 0 unspecified atom stereocenters. The smallest absolute Gasteiger partial charge is 0.353 e. The molecule has 2 aromatic carbocycles. The molecule has 0 saturated carbocycles. The van der Waals surface area contributed by atoms with E-state index in [0.29, 0.717) is 16.7 Å². The molecule has 9 nitrogen and oxygen atoms in total. The Hall–Kier alpha value is -4.24. The minimum Gasteiger partial charge on any atom is -0.464 e. The maximum absolute atomic E-state index is 13.0. The number of fused-ring (bicyclic) bond motifs is 1. The number of esters is 1. The SMILES string of the molecule is C=C(NC(=O)C(=C)N1Cc2c(cccc2-c2ccc(C(=O)NC(C)(C)CO)cc2)C1=O)C(=O)OC. The highest BCUT2D eigenvalue weighted by Gasteiger charge is 2.33. The molecule has 1 aliphatic heterocycles. The van der Waals surface area contributed by atoms with Crippen LogP contribution >= 0.6 is 0 Å². The molecule has 3 amide bonds. The first-order valence-corrected chi connectivity index (χ1v) is 10.7. The minimum atomic E-state index is -0.804. The molecule has 182 valence electrons. The summed E-state index contributed by atoms with van der Waals surface area (Å²) >= 11 is 0. The number of ether oxygens (including phenoxy) is 1. The normalized spacial score (nSPS) is 12.6. The van der Waals surface area contributed by atoms with E-state index in [0.717, 1.165) is 18.2 Å². The summed E-state index contributed by atoms with van der Waals surface area (Å²) in [6, 6.07) is 12.1. The van der Waals surface area contributed by atoms with E-state index >= 15 is 0 Å². The standard InChI is InChI=1S/C26H27N3O6/c1-15(25(34)35-5)27-22(31)16(2)29-13-21-19(7-6-8-20(21)24(29)33)17-9-11-18(12-10-17)23(32)28-26(3,4)14-30/h6-12,30H,1-2,13-14H2,3-5H3,(H,27,31)(H,28,32). The van der Waals surface area contributed by atoms with Crippen molar-refractivity contribution < 1.29 is 29.0 Å². The third-order valence-corrected chi connectivity index (χ3v) is 5.56. The van der Waals surface area contributed by atoms with Gasteiger partial charge in [-0.2, -0.15) is 0 Å². The highest BCUT2D eigenvalue weighted by molar-refractivity contribution is 6.08. The van der Waals surface area contributed by atoms with Gasteiger partial charge in [-0.15, -0.1) is 0 Å². The topological polar surface area (TPSA) is 125 Å². The average molecular weight is 478 g/mol. The predicted octanol–water partition coefficient (Wildman–Crippen LogP) is 2.13. The van der Waals surface area contributed by atoms with Crippen molar-refractivity contribution in [1.82, 2.24) is 15.5 Å². The van der Waals surface area contributed by atoms with Crippen LogP contribution in [0.1, 0.15) is 40.1 Å². The van der Waals surface area contributed by atoms with Crippen LogP contribution in [0.2, 0.25) is 0 Å². The lowest BCUT2D eigenvalue weighted by molar-refractivity contribution is -0.137. The second-order valence-corrected chi connectivity index (χ2v) is 8.67. The summed E-state index contributed by atoms with van der Waals surface area (Å²) in [5, 5.41) is 14.4. The van der Waals surface area contributed by atoms with E-state index in [-0.39, 0.29) is 30.5 Å². The molecule has 0 spiro atoms. The van der Waals surface area contributed by atoms with Gasteiger partial charge in [-0.05, 0) is 48.7 Å². The van der Waals surface area contributed by atoms with Crippen molar-refractivity contribution in [1.29, 1.82) is 0 Å². The number of methoxy groups -OCH3 is 1. The van der Waals surface area contributed by atoms with Crippen molar-refractivity contribution in [3.8, 4) is 11.1 Å². The van der Waals surface area contributed by atoms with Crippen molar-refractivity contribution in [3.63, 3.8) is 0 Å². The number of aliphatic hydroxyl groups excluding tert-OH is 1. The molecule has 9 heteroatoms. The number of nitrogens with zero attached hydrogens (tertiary/aromatic N) is 1. The number of aliphatic hydroxyl groups is 1. The first-order chi connectivity index (χ1) is 16.5. The van der Waals surface area contributed by atoms with Gasteiger partial charge in [0.25, 0.3) is 17.7 Å². The molecule has 3 rings (SSSR count). The largest absolute Gasteiger partial charge is 0.464 e. The Labute approximate surface area is 203 Å².